The van der Waals surface area contributed by atoms with Crippen molar-refractivity contribution >= 4 is 5.91 Å². The lowest BCUT2D eigenvalue weighted by Gasteiger charge is -2.56. The molecule has 0 heterocycles. The highest BCUT2D eigenvalue weighted by Crippen LogP contribution is 2.55. The van der Waals surface area contributed by atoms with Crippen LogP contribution >= 0.6 is 0 Å². The number of methoxy groups -OCH3 is 1. The van der Waals surface area contributed by atoms with Crippen molar-refractivity contribution in [1.29, 1.82) is 0 Å². The van der Waals surface area contributed by atoms with Crippen LogP contribution in [-0.4, -0.2) is 25.2 Å². The Morgan fingerprint density at radius 2 is 1.72 bits per heavy atom. The molecule has 0 aliphatic heterocycles. The Morgan fingerprint density at radius 3 is 2.24 bits per heavy atom. The zero-order valence-electron chi connectivity index (χ0n) is 14.3. The molecule has 1 amide bonds. The van der Waals surface area contributed by atoms with E-state index in [2.05, 4.69) is 10.1 Å². The van der Waals surface area contributed by atoms with Gasteiger partial charge in [0.2, 0.25) is 0 Å². The third kappa shape index (κ3) is 3.18. The molecule has 0 saturated heterocycles. The average molecular weight is 351 g/mol. The fraction of sp³-hybridized carbons (Fsp3) is 0.632. The van der Waals surface area contributed by atoms with E-state index in [1.807, 2.05) is 0 Å². The lowest BCUT2D eigenvalue weighted by molar-refractivity contribution is -0.0512. The lowest BCUT2D eigenvalue weighted by atomic mass is 9.53. The van der Waals surface area contributed by atoms with Gasteiger partial charge < -0.3 is 14.8 Å². The van der Waals surface area contributed by atoms with Crippen LogP contribution in [-0.2, 0) is 0 Å². The van der Waals surface area contributed by atoms with Crippen LogP contribution in [0.5, 0.6) is 11.5 Å². The highest BCUT2D eigenvalue weighted by atomic mass is 19.3. The lowest BCUT2D eigenvalue weighted by Crippen LogP contribution is -2.59. The second kappa shape index (κ2) is 6.15. The van der Waals surface area contributed by atoms with Crippen LogP contribution in [0.4, 0.5) is 8.78 Å². The van der Waals surface area contributed by atoms with Crippen molar-refractivity contribution in [3.8, 4) is 11.5 Å². The number of amides is 1. The van der Waals surface area contributed by atoms with E-state index in [-0.39, 0.29) is 22.9 Å². The summed E-state index contributed by atoms with van der Waals surface area (Å²) in [4.78, 5) is 12.8. The van der Waals surface area contributed by atoms with Gasteiger partial charge in [0.1, 0.15) is 0 Å². The minimum Gasteiger partial charge on any atom is -0.493 e. The quantitative estimate of drug-likeness (QED) is 0.872. The van der Waals surface area contributed by atoms with Crippen molar-refractivity contribution in [1.82, 2.24) is 5.32 Å². The number of ether oxygens (including phenoxy) is 2. The SMILES string of the molecule is COc1cc(C(=O)NC23CC4CC(CC(C4)C2)C3)ccc1OC(F)F. The summed E-state index contributed by atoms with van der Waals surface area (Å²) in [5.41, 5.74) is 0.325. The van der Waals surface area contributed by atoms with Gasteiger partial charge in [-0.05, 0) is 74.5 Å². The molecular formula is C19H23F2NO3. The van der Waals surface area contributed by atoms with Crippen molar-refractivity contribution in [2.45, 2.75) is 50.7 Å². The van der Waals surface area contributed by atoms with Gasteiger partial charge in [-0.1, -0.05) is 0 Å². The molecule has 0 aromatic heterocycles. The molecule has 0 atom stereocenters. The molecular weight excluding hydrogens is 328 g/mol. The molecule has 4 aliphatic rings. The van der Waals surface area contributed by atoms with Crippen molar-refractivity contribution < 1.29 is 23.0 Å². The first-order chi connectivity index (χ1) is 12.0. The molecule has 0 spiro atoms. The van der Waals surface area contributed by atoms with Gasteiger partial charge in [0.05, 0.1) is 7.11 Å². The minimum absolute atomic E-state index is 0.0659. The minimum atomic E-state index is -2.93. The number of rotatable bonds is 5. The van der Waals surface area contributed by atoms with Gasteiger partial charge in [-0.3, -0.25) is 4.79 Å². The van der Waals surface area contributed by atoms with E-state index in [1.165, 1.54) is 44.6 Å². The van der Waals surface area contributed by atoms with Crippen LogP contribution in [0.3, 0.4) is 0 Å². The topological polar surface area (TPSA) is 47.6 Å². The fourth-order valence-corrected chi connectivity index (χ4v) is 5.58. The van der Waals surface area contributed by atoms with Crippen LogP contribution in [0.15, 0.2) is 18.2 Å². The van der Waals surface area contributed by atoms with Gasteiger partial charge >= 0.3 is 6.61 Å². The zero-order valence-corrected chi connectivity index (χ0v) is 14.3. The number of nitrogens with one attached hydrogen (secondary N) is 1. The van der Waals surface area contributed by atoms with Crippen LogP contribution < -0.4 is 14.8 Å². The van der Waals surface area contributed by atoms with Crippen molar-refractivity contribution in [2.24, 2.45) is 17.8 Å². The predicted molar refractivity (Wildman–Crippen MR) is 88.0 cm³/mol. The molecule has 4 bridgehead atoms. The molecule has 4 nitrogen and oxygen atoms in total. The second-order valence-electron chi connectivity index (χ2n) is 7.90. The molecule has 0 radical (unpaired) electrons. The summed E-state index contributed by atoms with van der Waals surface area (Å²) < 4.78 is 34.4. The van der Waals surface area contributed by atoms with Crippen molar-refractivity contribution in [3.05, 3.63) is 23.8 Å². The Morgan fingerprint density at radius 1 is 1.12 bits per heavy atom. The standard InChI is InChI=1S/C19H23F2NO3/c1-24-16-7-14(2-3-15(16)25-18(20)21)17(23)22-19-8-11-4-12(9-19)6-13(5-11)10-19/h2-3,7,11-13,18H,4-6,8-10H2,1H3,(H,22,23). The summed E-state index contributed by atoms with van der Waals surface area (Å²) >= 11 is 0. The third-order valence-corrected chi connectivity index (χ3v) is 6.06. The molecule has 4 saturated carbocycles. The van der Waals surface area contributed by atoms with Crippen LogP contribution in [0.25, 0.3) is 0 Å². The van der Waals surface area contributed by atoms with E-state index in [1.54, 1.807) is 0 Å². The van der Waals surface area contributed by atoms with Crippen LogP contribution in [0.1, 0.15) is 48.9 Å². The first-order valence-electron chi connectivity index (χ1n) is 8.92. The Hall–Kier alpha value is -1.85. The molecule has 1 aromatic rings. The number of alkyl halides is 2. The fourth-order valence-electron chi connectivity index (χ4n) is 5.58. The zero-order chi connectivity index (χ0) is 17.6. The van der Waals surface area contributed by atoms with E-state index in [0.717, 1.165) is 37.0 Å². The highest BCUT2D eigenvalue weighted by Gasteiger charge is 2.51. The van der Waals surface area contributed by atoms with Gasteiger partial charge in [0.15, 0.2) is 11.5 Å². The molecule has 1 N–H and O–H groups in total. The smallest absolute Gasteiger partial charge is 0.387 e. The van der Waals surface area contributed by atoms with E-state index in [4.69, 9.17) is 4.74 Å². The number of hydrogen-bond donors (Lipinski definition) is 1. The maximum atomic E-state index is 12.8. The number of halogens is 2. The van der Waals surface area contributed by atoms with Gasteiger partial charge in [0, 0.05) is 11.1 Å². The van der Waals surface area contributed by atoms with Gasteiger partial charge in [-0.25, -0.2) is 0 Å². The second-order valence-corrected chi connectivity index (χ2v) is 7.90. The van der Waals surface area contributed by atoms with Crippen molar-refractivity contribution in [2.75, 3.05) is 7.11 Å². The van der Waals surface area contributed by atoms with E-state index in [0.29, 0.717) is 5.56 Å². The maximum Gasteiger partial charge on any atom is 0.387 e. The number of carbonyl (C=O) groups is 1. The van der Waals surface area contributed by atoms with Gasteiger partial charge in [0.25, 0.3) is 5.91 Å². The maximum absolute atomic E-state index is 12.8. The van der Waals surface area contributed by atoms with E-state index in [9.17, 15) is 13.6 Å². The first-order valence-corrected chi connectivity index (χ1v) is 8.92. The molecule has 4 fully saturated rings. The predicted octanol–water partition coefficient (Wildman–Crippen LogP) is 4.00. The largest absolute Gasteiger partial charge is 0.493 e. The summed E-state index contributed by atoms with van der Waals surface area (Å²) in [6.45, 7) is -2.93. The molecule has 5 rings (SSSR count). The Labute approximate surface area is 145 Å². The normalized spacial score (nSPS) is 32.7. The number of hydrogen-bond acceptors (Lipinski definition) is 3. The monoisotopic (exact) mass is 351 g/mol. The van der Waals surface area contributed by atoms with Crippen LogP contribution in [0, 0.1) is 17.8 Å². The van der Waals surface area contributed by atoms with Crippen LogP contribution in [0.2, 0.25) is 0 Å². The summed E-state index contributed by atoms with van der Waals surface area (Å²) in [5, 5.41) is 3.27. The Balaban J connectivity index is 1.51. The molecule has 136 valence electrons. The Bertz CT molecular complexity index is 641. The molecule has 25 heavy (non-hydrogen) atoms. The highest BCUT2D eigenvalue weighted by molar-refractivity contribution is 5.95. The average Bonchev–Trinajstić information content (AvgIpc) is 2.52. The first kappa shape index (κ1) is 16.6. The Kier molecular flexibility index (Phi) is 4.08. The molecule has 6 heteroatoms. The molecule has 4 aliphatic carbocycles. The van der Waals surface area contributed by atoms with Crippen molar-refractivity contribution in [3.63, 3.8) is 0 Å². The summed E-state index contributed by atoms with van der Waals surface area (Å²) in [6, 6.07) is 4.34. The number of carbonyl (C=O) groups excluding carboxylic acids is 1. The summed E-state index contributed by atoms with van der Waals surface area (Å²) in [7, 11) is 1.37. The summed E-state index contributed by atoms with van der Waals surface area (Å²) in [6.07, 6.45) is 7.12. The van der Waals surface area contributed by atoms with Gasteiger partial charge in [-0.15, -0.1) is 0 Å². The molecule has 0 unspecified atom stereocenters. The number of benzene rings is 1. The van der Waals surface area contributed by atoms with E-state index >= 15 is 0 Å². The molecule has 1 aromatic carbocycles. The summed E-state index contributed by atoms with van der Waals surface area (Å²) in [5.74, 6) is 2.12. The third-order valence-electron chi connectivity index (χ3n) is 6.06. The van der Waals surface area contributed by atoms with E-state index < -0.39 is 6.61 Å². The van der Waals surface area contributed by atoms with Gasteiger partial charge in [-0.2, -0.15) is 8.78 Å².